The molecule has 0 aliphatic heterocycles. The molecule has 0 bridgehead atoms. The Morgan fingerprint density at radius 3 is 2.48 bits per heavy atom. The summed E-state index contributed by atoms with van der Waals surface area (Å²) in [6.07, 6.45) is 0. The van der Waals surface area contributed by atoms with Crippen LogP contribution in [0.2, 0.25) is 0 Å². The summed E-state index contributed by atoms with van der Waals surface area (Å²) >= 11 is 0. The van der Waals surface area contributed by atoms with E-state index in [0.29, 0.717) is 22.7 Å². The minimum atomic E-state index is -0.544. The first kappa shape index (κ1) is 16.2. The van der Waals surface area contributed by atoms with Gasteiger partial charge in [-0.3, -0.25) is 4.79 Å². The van der Waals surface area contributed by atoms with E-state index in [0.717, 1.165) is 0 Å². The Labute approximate surface area is 132 Å². The number of nitrogens with one attached hydrogen (secondary N) is 1. The van der Waals surface area contributed by atoms with E-state index in [-0.39, 0.29) is 11.7 Å². The van der Waals surface area contributed by atoms with Gasteiger partial charge in [-0.15, -0.1) is 0 Å². The number of ether oxygens (including phenoxy) is 1. The van der Waals surface area contributed by atoms with Gasteiger partial charge in [0.25, 0.3) is 0 Å². The largest absolute Gasteiger partial charge is 0.495 e. The Bertz CT molecular complexity index is 757. The number of nitrogens with zero attached hydrogens (tertiary/aromatic N) is 2. The van der Waals surface area contributed by atoms with Crippen molar-refractivity contribution in [1.29, 1.82) is 0 Å². The highest BCUT2D eigenvalue weighted by atomic mass is 16.6. The second kappa shape index (κ2) is 7.17. The third-order valence-corrected chi connectivity index (χ3v) is 2.93. The van der Waals surface area contributed by atoms with Crippen LogP contribution < -0.4 is 10.1 Å². The number of anilines is 1. The minimum absolute atomic E-state index is 0.274. The Morgan fingerprint density at radius 2 is 1.91 bits per heavy atom. The lowest BCUT2D eigenvalue weighted by atomic mass is 10.2. The van der Waals surface area contributed by atoms with Gasteiger partial charge >= 0.3 is 5.84 Å². The summed E-state index contributed by atoms with van der Waals surface area (Å²) in [4.78, 5) is 26.0. The molecule has 118 valence electrons. The van der Waals surface area contributed by atoms with Crippen LogP contribution >= 0.6 is 0 Å². The normalized spacial score (nSPS) is 11.0. The highest BCUT2D eigenvalue weighted by Gasteiger charge is 2.17. The first-order chi connectivity index (χ1) is 11.0. The van der Waals surface area contributed by atoms with Crippen molar-refractivity contribution in [3.8, 4) is 5.75 Å². The van der Waals surface area contributed by atoms with Crippen LogP contribution in [-0.4, -0.2) is 23.8 Å². The number of methoxy groups -OCH3 is 1. The van der Waals surface area contributed by atoms with Crippen molar-refractivity contribution in [1.82, 2.24) is 0 Å². The predicted octanol–water partition coefficient (Wildman–Crippen LogP) is 3.01. The summed E-state index contributed by atoms with van der Waals surface area (Å²) in [7, 11) is 1.47. The van der Waals surface area contributed by atoms with E-state index in [1.54, 1.807) is 42.5 Å². The number of aliphatic imine (C=N–C) groups is 1. The standard InChI is InChI=1S/C16H15N3O4/c1-11(20)17-14-10-13(8-9-15(14)23-2)18-16(19(21)22)12-6-4-3-5-7-12/h3-10H,1-2H3,(H,17,20). The van der Waals surface area contributed by atoms with Crippen LogP contribution in [0.3, 0.4) is 0 Å². The summed E-state index contributed by atoms with van der Waals surface area (Å²) in [6.45, 7) is 1.36. The minimum Gasteiger partial charge on any atom is -0.495 e. The molecule has 2 aromatic carbocycles. The fraction of sp³-hybridized carbons (Fsp3) is 0.125. The smallest absolute Gasteiger partial charge is 0.371 e. The van der Waals surface area contributed by atoms with Gasteiger partial charge in [-0.2, -0.15) is 0 Å². The molecule has 0 aromatic heterocycles. The van der Waals surface area contributed by atoms with Gasteiger partial charge in [-0.25, -0.2) is 0 Å². The average molecular weight is 313 g/mol. The first-order valence-corrected chi connectivity index (χ1v) is 6.75. The van der Waals surface area contributed by atoms with E-state index >= 15 is 0 Å². The van der Waals surface area contributed by atoms with Crippen molar-refractivity contribution < 1.29 is 14.5 Å². The molecular formula is C16H15N3O4. The Morgan fingerprint density at radius 1 is 1.22 bits per heavy atom. The molecule has 7 heteroatoms. The zero-order valence-corrected chi connectivity index (χ0v) is 12.6. The molecule has 1 amide bonds. The topological polar surface area (TPSA) is 93.8 Å². The number of amidine groups is 1. The molecular weight excluding hydrogens is 298 g/mol. The molecule has 0 saturated carbocycles. The molecule has 0 atom stereocenters. The van der Waals surface area contributed by atoms with Crippen LogP contribution in [0.25, 0.3) is 0 Å². The molecule has 1 N–H and O–H groups in total. The Hall–Kier alpha value is -3.22. The highest BCUT2D eigenvalue weighted by molar-refractivity contribution is 5.95. The lowest BCUT2D eigenvalue weighted by Crippen LogP contribution is -2.13. The predicted molar refractivity (Wildman–Crippen MR) is 86.9 cm³/mol. The van der Waals surface area contributed by atoms with Crippen LogP contribution in [-0.2, 0) is 4.79 Å². The third kappa shape index (κ3) is 4.13. The summed E-state index contributed by atoms with van der Waals surface area (Å²) in [5, 5.41) is 13.9. The number of amides is 1. The molecule has 0 aliphatic rings. The van der Waals surface area contributed by atoms with Gasteiger partial charge in [0.2, 0.25) is 5.91 Å². The number of hydrogen-bond acceptors (Lipinski definition) is 5. The second-order valence-corrected chi connectivity index (χ2v) is 4.62. The van der Waals surface area contributed by atoms with E-state index in [2.05, 4.69) is 10.3 Å². The fourth-order valence-electron chi connectivity index (χ4n) is 1.97. The Kier molecular flexibility index (Phi) is 5.03. The van der Waals surface area contributed by atoms with Crippen LogP contribution in [0.15, 0.2) is 53.5 Å². The van der Waals surface area contributed by atoms with E-state index in [1.165, 1.54) is 20.1 Å². The van der Waals surface area contributed by atoms with Crippen LogP contribution in [0.4, 0.5) is 11.4 Å². The van der Waals surface area contributed by atoms with E-state index in [1.807, 2.05) is 0 Å². The molecule has 23 heavy (non-hydrogen) atoms. The van der Waals surface area contributed by atoms with Gasteiger partial charge in [-0.1, -0.05) is 18.2 Å². The number of rotatable bonds is 4. The maximum Gasteiger partial charge on any atom is 0.371 e. The molecule has 0 heterocycles. The molecule has 0 radical (unpaired) electrons. The Balaban J connectivity index is 2.47. The lowest BCUT2D eigenvalue weighted by molar-refractivity contribution is -0.348. The van der Waals surface area contributed by atoms with Crippen molar-refractivity contribution in [3.05, 3.63) is 64.2 Å². The number of benzene rings is 2. The molecule has 2 rings (SSSR count). The second-order valence-electron chi connectivity index (χ2n) is 4.62. The van der Waals surface area contributed by atoms with Crippen LogP contribution in [0.5, 0.6) is 5.75 Å². The van der Waals surface area contributed by atoms with E-state index in [4.69, 9.17) is 4.74 Å². The molecule has 0 saturated heterocycles. The summed E-state index contributed by atoms with van der Waals surface area (Å²) < 4.78 is 5.14. The summed E-state index contributed by atoms with van der Waals surface area (Å²) in [6, 6.07) is 13.1. The average Bonchev–Trinajstić information content (AvgIpc) is 2.53. The van der Waals surface area contributed by atoms with Gasteiger partial charge in [0.05, 0.1) is 18.4 Å². The summed E-state index contributed by atoms with van der Waals surface area (Å²) in [5.41, 5.74) is 1.14. The number of hydrogen-bond donors (Lipinski definition) is 1. The van der Waals surface area contributed by atoms with Crippen molar-refractivity contribution in [3.63, 3.8) is 0 Å². The number of carbonyl (C=O) groups excluding carboxylic acids is 1. The molecule has 7 nitrogen and oxygen atoms in total. The highest BCUT2D eigenvalue weighted by Crippen LogP contribution is 2.29. The number of nitro groups is 1. The maximum absolute atomic E-state index is 11.3. The van der Waals surface area contributed by atoms with Crippen LogP contribution in [0.1, 0.15) is 12.5 Å². The summed E-state index contributed by atoms with van der Waals surface area (Å²) in [5.74, 6) is -0.104. The fourth-order valence-corrected chi connectivity index (χ4v) is 1.97. The molecule has 0 spiro atoms. The lowest BCUT2D eigenvalue weighted by Gasteiger charge is -2.08. The maximum atomic E-state index is 11.3. The zero-order valence-electron chi connectivity index (χ0n) is 12.6. The van der Waals surface area contributed by atoms with Gasteiger partial charge < -0.3 is 20.2 Å². The van der Waals surface area contributed by atoms with E-state index < -0.39 is 4.92 Å². The monoisotopic (exact) mass is 313 g/mol. The van der Waals surface area contributed by atoms with Crippen LogP contribution in [0, 0.1) is 10.1 Å². The zero-order chi connectivity index (χ0) is 16.8. The van der Waals surface area contributed by atoms with Crippen molar-refractivity contribution in [2.45, 2.75) is 6.92 Å². The van der Waals surface area contributed by atoms with Crippen molar-refractivity contribution >= 4 is 23.1 Å². The first-order valence-electron chi connectivity index (χ1n) is 6.75. The van der Waals surface area contributed by atoms with E-state index in [9.17, 15) is 14.9 Å². The van der Waals surface area contributed by atoms with Gasteiger partial charge in [-0.05, 0) is 34.2 Å². The third-order valence-electron chi connectivity index (χ3n) is 2.93. The van der Waals surface area contributed by atoms with Crippen molar-refractivity contribution in [2.75, 3.05) is 12.4 Å². The molecule has 2 aromatic rings. The number of carbonyl (C=O) groups is 1. The van der Waals surface area contributed by atoms with Gasteiger partial charge in [0.15, 0.2) is 5.69 Å². The van der Waals surface area contributed by atoms with Gasteiger partial charge in [0, 0.05) is 13.0 Å². The van der Waals surface area contributed by atoms with Crippen molar-refractivity contribution in [2.24, 2.45) is 4.99 Å². The molecule has 0 fully saturated rings. The molecule has 0 unspecified atom stereocenters. The quantitative estimate of drug-likeness (QED) is 0.406. The molecule has 0 aliphatic carbocycles. The van der Waals surface area contributed by atoms with Gasteiger partial charge in [0.1, 0.15) is 5.75 Å². The SMILES string of the molecule is COc1ccc(N=C(c2ccccc2)[N+](=O)[O-])cc1NC(C)=O.